The summed E-state index contributed by atoms with van der Waals surface area (Å²) in [6, 6.07) is 5.91. The number of nitrogens with one attached hydrogen (secondary N) is 2. The fourth-order valence-electron chi connectivity index (χ4n) is 3.82. The number of hydrogen-bond donors (Lipinski definition) is 2. The zero-order valence-corrected chi connectivity index (χ0v) is 16.4. The summed E-state index contributed by atoms with van der Waals surface area (Å²) in [6.07, 6.45) is 3.46. The van der Waals surface area contributed by atoms with Gasteiger partial charge in [0.05, 0.1) is 0 Å². The standard InChI is InChI=1S/C20H25N5O4/c1-2-25-9-3-4-14(25)11-21-19(27)20-23-17(24-29-20)12-28-15-7-5-13-6-8-18(26)22-16(13)10-15/h5,7,10,14H,2-4,6,8-9,11-12H2,1H3,(H,21,27)(H,22,26)/t14-/m0/s1. The number of benzene rings is 1. The second-order valence-corrected chi connectivity index (χ2v) is 7.31. The van der Waals surface area contributed by atoms with E-state index in [1.165, 1.54) is 0 Å². The Kier molecular flexibility index (Phi) is 5.75. The predicted molar refractivity (Wildman–Crippen MR) is 105 cm³/mol. The zero-order valence-electron chi connectivity index (χ0n) is 16.4. The highest BCUT2D eigenvalue weighted by molar-refractivity contribution is 5.94. The molecule has 2 amide bonds. The number of carbonyl (C=O) groups is 2. The maximum Gasteiger partial charge on any atom is 0.316 e. The molecule has 3 heterocycles. The van der Waals surface area contributed by atoms with Crippen molar-refractivity contribution in [2.45, 2.75) is 45.3 Å². The van der Waals surface area contributed by atoms with Gasteiger partial charge in [0, 0.05) is 30.8 Å². The zero-order chi connectivity index (χ0) is 20.2. The summed E-state index contributed by atoms with van der Waals surface area (Å²) in [5, 5.41) is 9.52. The van der Waals surface area contributed by atoms with Gasteiger partial charge in [-0.2, -0.15) is 4.98 Å². The maximum atomic E-state index is 12.3. The molecule has 1 saturated heterocycles. The molecule has 1 aromatic carbocycles. The summed E-state index contributed by atoms with van der Waals surface area (Å²) in [4.78, 5) is 30.3. The van der Waals surface area contributed by atoms with Crippen LogP contribution in [0.2, 0.25) is 0 Å². The van der Waals surface area contributed by atoms with Crippen molar-refractivity contribution in [1.29, 1.82) is 0 Å². The predicted octanol–water partition coefficient (Wildman–Crippen LogP) is 1.75. The number of likely N-dealkylation sites (N-methyl/N-ethyl adjacent to an activating group) is 1. The maximum absolute atomic E-state index is 12.3. The minimum atomic E-state index is -0.372. The molecule has 2 aliphatic heterocycles. The quantitative estimate of drug-likeness (QED) is 0.730. The molecule has 2 aromatic rings. The van der Waals surface area contributed by atoms with Gasteiger partial charge in [0.1, 0.15) is 5.75 Å². The number of hydrogen-bond acceptors (Lipinski definition) is 7. The topological polar surface area (TPSA) is 110 Å². The average Bonchev–Trinajstić information content (AvgIpc) is 3.39. The average molecular weight is 399 g/mol. The Morgan fingerprint density at radius 2 is 2.31 bits per heavy atom. The molecule has 0 bridgehead atoms. The van der Waals surface area contributed by atoms with Gasteiger partial charge in [0.25, 0.3) is 0 Å². The summed E-state index contributed by atoms with van der Waals surface area (Å²) in [6.45, 7) is 4.82. The van der Waals surface area contributed by atoms with Crippen LogP contribution in [0.4, 0.5) is 5.69 Å². The summed E-state index contributed by atoms with van der Waals surface area (Å²) in [5.41, 5.74) is 1.85. The van der Waals surface area contributed by atoms with E-state index in [-0.39, 0.29) is 30.1 Å². The third-order valence-electron chi connectivity index (χ3n) is 5.41. The molecule has 1 fully saturated rings. The Bertz CT molecular complexity index is 897. The van der Waals surface area contributed by atoms with Gasteiger partial charge < -0.3 is 19.9 Å². The van der Waals surface area contributed by atoms with E-state index in [1.807, 2.05) is 12.1 Å². The molecule has 1 aromatic heterocycles. The van der Waals surface area contributed by atoms with Crippen molar-refractivity contribution in [3.05, 3.63) is 35.5 Å². The van der Waals surface area contributed by atoms with Crippen LogP contribution >= 0.6 is 0 Å². The lowest BCUT2D eigenvalue weighted by Crippen LogP contribution is -2.40. The van der Waals surface area contributed by atoms with E-state index in [1.54, 1.807) is 6.07 Å². The number of ether oxygens (including phenoxy) is 1. The van der Waals surface area contributed by atoms with Crippen LogP contribution in [-0.4, -0.2) is 52.5 Å². The van der Waals surface area contributed by atoms with Crippen LogP contribution in [-0.2, 0) is 17.8 Å². The smallest absolute Gasteiger partial charge is 0.316 e. The van der Waals surface area contributed by atoms with Crippen LogP contribution in [0.25, 0.3) is 0 Å². The normalized spacial score (nSPS) is 18.9. The largest absolute Gasteiger partial charge is 0.485 e. The van der Waals surface area contributed by atoms with Crippen molar-refractivity contribution in [3.8, 4) is 5.75 Å². The second-order valence-electron chi connectivity index (χ2n) is 7.31. The Morgan fingerprint density at radius 1 is 1.41 bits per heavy atom. The molecule has 0 spiro atoms. The Morgan fingerprint density at radius 3 is 3.17 bits per heavy atom. The molecule has 0 radical (unpaired) electrons. The van der Waals surface area contributed by atoms with Crippen molar-refractivity contribution in [2.75, 3.05) is 25.0 Å². The first-order chi connectivity index (χ1) is 14.1. The Labute approximate surface area is 168 Å². The van der Waals surface area contributed by atoms with E-state index in [9.17, 15) is 9.59 Å². The lowest BCUT2D eigenvalue weighted by atomic mass is 10.0. The SMILES string of the molecule is CCN1CCC[C@H]1CNC(=O)c1nc(COc2ccc3c(c2)NC(=O)CC3)no1. The van der Waals surface area contributed by atoms with Crippen LogP contribution < -0.4 is 15.4 Å². The van der Waals surface area contributed by atoms with Crippen LogP contribution in [0.1, 0.15) is 48.3 Å². The molecule has 9 nitrogen and oxygen atoms in total. The lowest BCUT2D eigenvalue weighted by Gasteiger charge is -2.22. The van der Waals surface area contributed by atoms with Crippen molar-refractivity contribution in [2.24, 2.45) is 0 Å². The summed E-state index contributed by atoms with van der Waals surface area (Å²) in [7, 11) is 0. The van der Waals surface area contributed by atoms with E-state index in [0.29, 0.717) is 24.8 Å². The first kappa shape index (κ1) is 19.4. The molecule has 29 heavy (non-hydrogen) atoms. The second kappa shape index (κ2) is 8.60. The number of carbonyl (C=O) groups excluding carboxylic acids is 2. The van der Waals surface area contributed by atoms with Gasteiger partial charge >= 0.3 is 11.8 Å². The first-order valence-corrected chi connectivity index (χ1v) is 10.0. The van der Waals surface area contributed by atoms with Crippen molar-refractivity contribution < 1.29 is 18.8 Å². The van der Waals surface area contributed by atoms with Gasteiger partial charge in [-0.15, -0.1) is 0 Å². The minimum Gasteiger partial charge on any atom is -0.485 e. The first-order valence-electron chi connectivity index (χ1n) is 10.0. The third-order valence-corrected chi connectivity index (χ3v) is 5.41. The highest BCUT2D eigenvalue weighted by Crippen LogP contribution is 2.27. The number of rotatable bonds is 7. The van der Waals surface area contributed by atoms with E-state index >= 15 is 0 Å². The minimum absolute atomic E-state index is 0.00290. The highest BCUT2D eigenvalue weighted by Gasteiger charge is 2.24. The van der Waals surface area contributed by atoms with Gasteiger partial charge in [-0.05, 0) is 44.0 Å². The van der Waals surface area contributed by atoms with Crippen LogP contribution in [0.3, 0.4) is 0 Å². The number of fused-ring (bicyclic) bond motifs is 1. The molecule has 0 unspecified atom stereocenters. The molecule has 9 heteroatoms. The number of likely N-dealkylation sites (tertiary alicyclic amines) is 1. The molecular formula is C20H25N5O4. The Hall–Kier alpha value is -2.94. The van der Waals surface area contributed by atoms with Crippen LogP contribution in [0, 0.1) is 0 Å². The van der Waals surface area contributed by atoms with E-state index in [2.05, 4.69) is 32.6 Å². The molecule has 1 atom stereocenters. The summed E-state index contributed by atoms with van der Waals surface area (Å²) in [5.74, 6) is 0.435. The number of amides is 2. The monoisotopic (exact) mass is 399 g/mol. The van der Waals surface area contributed by atoms with Crippen molar-refractivity contribution in [3.63, 3.8) is 0 Å². The fraction of sp³-hybridized carbons (Fsp3) is 0.500. The third kappa shape index (κ3) is 4.56. The summed E-state index contributed by atoms with van der Waals surface area (Å²) >= 11 is 0. The highest BCUT2D eigenvalue weighted by atomic mass is 16.5. The molecule has 154 valence electrons. The molecule has 0 saturated carbocycles. The summed E-state index contributed by atoms with van der Waals surface area (Å²) < 4.78 is 10.7. The van der Waals surface area contributed by atoms with E-state index < -0.39 is 0 Å². The lowest BCUT2D eigenvalue weighted by molar-refractivity contribution is -0.116. The fourth-order valence-corrected chi connectivity index (χ4v) is 3.82. The van der Waals surface area contributed by atoms with Gasteiger partial charge in [-0.25, -0.2) is 0 Å². The van der Waals surface area contributed by atoms with Gasteiger partial charge in [-0.1, -0.05) is 18.1 Å². The molecule has 0 aliphatic carbocycles. The number of nitrogens with zero attached hydrogens (tertiary/aromatic N) is 3. The number of aromatic nitrogens is 2. The number of anilines is 1. The number of aryl methyl sites for hydroxylation is 1. The van der Waals surface area contributed by atoms with Crippen LogP contribution in [0.5, 0.6) is 5.75 Å². The van der Waals surface area contributed by atoms with E-state index in [0.717, 1.165) is 43.6 Å². The van der Waals surface area contributed by atoms with Crippen LogP contribution in [0.15, 0.2) is 22.7 Å². The van der Waals surface area contributed by atoms with Gasteiger partial charge in [-0.3, -0.25) is 14.5 Å². The van der Waals surface area contributed by atoms with Gasteiger partial charge in [0.15, 0.2) is 6.61 Å². The molecule has 4 rings (SSSR count). The van der Waals surface area contributed by atoms with Crippen molar-refractivity contribution in [1.82, 2.24) is 20.4 Å². The van der Waals surface area contributed by atoms with E-state index in [4.69, 9.17) is 9.26 Å². The van der Waals surface area contributed by atoms with Gasteiger partial charge in [0.2, 0.25) is 11.7 Å². The molecular weight excluding hydrogens is 374 g/mol. The molecule has 2 N–H and O–H groups in total. The van der Waals surface area contributed by atoms with Crippen molar-refractivity contribution >= 4 is 17.5 Å². The molecule has 2 aliphatic rings. The Balaban J connectivity index is 1.29.